The minimum Gasteiger partial charge on any atom is -0.389 e. The lowest BCUT2D eigenvalue weighted by molar-refractivity contribution is 0.0228. The first-order chi connectivity index (χ1) is 8.48. The number of aliphatic hydroxyl groups is 1. The molecule has 1 unspecified atom stereocenters. The molecule has 1 N–H and O–H groups in total. The Labute approximate surface area is 110 Å². The SMILES string of the molecule is CCN(CC(C)(C)O)C(CC#N)c1ccccc1. The number of hydrogen-bond donors (Lipinski definition) is 1. The van der Waals surface area contributed by atoms with E-state index in [0.29, 0.717) is 13.0 Å². The van der Waals surface area contributed by atoms with Crippen molar-refractivity contribution in [3.63, 3.8) is 0 Å². The molecule has 0 aliphatic carbocycles. The first kappa shape index (κ1) is 14.7. The van der Waals surface area contributed by atoms with Crippen molar-refractivity contribution in [3.05, 3.63) is 35.9 Å². The normalized spacial score (nSPS) is 13.3. The predicted molar refractivity (Wildman–Crippen MR) is 73.0 cm³/mol. The zero-order valence-corrected chi connectivity index (χ0v) is 11.4. The lowest BCUT2D eigenvalue weighted by Gasteiger charge is -2.34. The smallest absolute Gasteiger partial charge is 0.0718 e. The van der Waals surface area contributed by atoms with Gasteiger partial charge in [-0.15, -0.1) is 0 Å². The third-order valence-electron chi connectivity index (χ3n) is 2.91. The highest BCUT2D eigenvalue weighted by molar-refractivity contribution is 5.20. The molecule has 98 valence electrons. The highest BCUT2D eigenvalue weighted by Crippen LogP contribution is 2.25. The van der Waals surface area contributed by atoms with E-state index in [1.807, 2.05) is 30.3 Å². The quantitative estimate of drug-likeness (QED) is 0.839. The molecule has 0 aromatic heterocycles. The molecule has 1 aromatic rings. The minimum absolute atomic E-state index is 0.0487. The first-order valence-corrected chi connectivity index (χ1v) is 6.36. The second-order valence-electron chi connectivity index (χ2n) is 5.16. The predicted octanol–water partition coefficient (Wildman–Crippen LogP) is 2.73. The zero-order chi connectivity index (χ0) is 13.6. The molecule has 0 spiro atoms. The molecule has 0 radical (unpaired) electrons. The van der Waals surface area contributed by atoms with Crippen LogP contribution in [0.5, 0.6) is 0 Å². The van der Waals surface area contributed by atoms with E-state index in [1.165, 1.54) is 0 Å². The van der Waals surface area contributed by atoms with Crippen LogP contribution in [0.25, 0.3) is 0 Å². The number of nitriles is 1. The fourth-order valence-corrected chi connectivity index (χ4v) is 2.16. The Hall–Kier alpha value is -1.37. The van der Waals surface area contributed by atoms with Crippen LogP contribution in [0.1, 0.15) is 38.8 Å². The van der Waals surface area contributed by atoms with Crippen LogP contribution < -0.4 is 0 Å². The van der Waals surface area contributed by atoms with Crippen LogP contribution >= 0.6 is 0 Å². The van der Waals surface area contributed by atoms with E-state index in [2.05, 4.69) is 17.9 Å². The summed E-state index contributed by atoms with van der Waals surface area (Å²) in [5.74, 6) is 0. The summed E-state index contributed by atoms with van der Waals surface area (Å²) in [5, 5.41) is 19.0. The molecule has 0 saturated heterocycles. The van der Waals surface area contributed by atoms with Gasteiger partial charge in [-0.3, -0.25) is 4.90 Å². The minimum atomic E-state index is -0.751. The van der Waals surface area contributed by atoms with Crippen molar-refractivity contribution in [2.24, 2.45) is 0 Å². The van der Waals surface area contributed by atoms with Crippen LogP contribution in [0.3, 0.4) is 0 Å². The van der Waals surface area contributed by atoms with Crippen molar-refractivity contribution < 1.29 is 5.11 Å². The maximum Gasteiger partial charge on any atom is 0.0718 e. The van der Waals surface area contributed by atoms with Crippen LogP contribution in [-0.4, -0.2) is 28.7 Å². The van der Waals surface area contributed by atoms with E-state index in [0.717, 1.165) is 12.1 Å². The van der Waals surface area contributed by atoms with Gasteiger partial charge in [0, 0.05) is 12.6 Å². The van der Waals surface area contributed by atoms with Gasteiger partial charge in [0.15, 0.2) is 0 Å². The van der Waals surface area contributed by atoms with Gasteiger partial charge in [0.1, 0.15) is 0 Å². The highest BCUT2D eigenvalue weighted by atomic mass is 16.3. The number of benzene rings is 1. The zero-order valence-electron chi connectivity index (χ0n) is 11.4. The topological polar surface area (TPSA) is 47.3 Å². The fraction of sp³-hybridized carbons (Fsp3) is 0.533. The van der Waals surface area contributed by atoms with E-state index >= 15 is 0 Å². The molecule has 0 saturated carbocycles. The van der Waals surface area contributed by atoms with Crippen molar-refractivity contribution in [1.29, 1.82) is 5.26 Å². The average Bonchev–Trinajstić information content (AvgIpc) is 2.33. The van der Waals surface area contributed by atoms with Gasteiger partial charge >= 0.3 is 0 Å². The van der Waals surface area contributed by atoms with Crippen molar-refractivity contribution in [1.82, 2.24) is 4.90 Å². The van der Waals surface area contributed by atoms with Gasteiger partial charge in [-0.1, -0.05) is 37.3 Å². The summed E-state index contributed by atoms with van der Waals surface area (Å²) in [6.45, 7) is 7.02. The summed E-state index contributed by atoms with van der Waals surface area (Å²) < 4.78 is 0. The summed E-state index contributed by atoms with van der Waals surface area (Å²) in [4.78, 5) is 2.15. The van der Waals surface area contributed by atoms with Crippen LogP contribution in [0, 0.1) is 11.3 Å². The molecular formula is C15H22N2O. The van der Waals surface area contributed by atoms with Crippen molar-refractivity contribution in [2.45, 2.75) is 38.8 Å². The second kappa shape index (κ2) is 6.53. The molecular weight excluding hydrogens is 224 g/mol. The molecule has 3 nitrogen and oxygen atoms in total. The molecule has 0 amide bonds. The van der Waals surface area contributed by atoms with Crippen LogP contribution in [0.15, 0.2) is 30.3 Å². The van der Waals surface area contributed by atoms with Crippen molar-refractivity contribution in [3.8, 4) is 6.07 Å². The third-order valence-corrected chi connectivity index (χ3v) is 2.91. The van der Waals surface area contributed by atoms with E-state index in [1.54, 1.807) is 13.8 Å². The summed E-state index contributed by atoms with van der Waals surface area (Å²) >= 11 is 0. The second-order valence-corrected chi connectivity index (χ2v) is 5.16. The van der Waals surface area contributed by atoms with E-state index in [9.17, 15) is 5.11 Å². The van der Waals surface area contributed by atoms with Crippen molar-refractivity contribution >= 4 is 0 Å². The molecule has 0 bridgehead atoms. The summed E-state index contributed by atoms with van der Waals surface area (Å²) in [6, 6.07) is 12.3. The largest absolute Gasteiger partial charge is 0.389 e. The van der Waals surface area contributed by atoms with E-state index in [4.69, 9.17) is 5.26 Å². The molecule has 0 heterocycles. The summed E-state index contributed by atoms with van der Waals surface area (Å²) in [6.07, 6.45) is 0.438. The van der Waals surface area contributed by atoms with Gasteiger partial charge in [-0.25, -0.2) is 0 Å². The van der Waals surface area contributed by atoms with E-state index < -0.39 is 5.60 Å². The van der Waals surface area contributed by atoms with Crippen molar-refractivity contribution in [2.75, 3.05) is 13.1 Å². The molecule has 1 aromatic carbocycles. The monoisotopic (exact) mass is 246 g/mol. The maximum absolute atomic E-state index is 9.96. The third kappa shape index (κ3) is 4.48. The first-order valence-electron chi connectivity index (χ1n) is 6.36. The molecule has 3 heteroatoms. The van der Waals surface area contributed by atoms with Gasteiger partial charge < -0.3 is 5.11 Å². The Balaban J connectivity index is 2.93. The Kier molecular flexibility index (Phi) is 5.33. The Morgan fingerprint density at radius 3 is 2.39 bits per heavy atom. The molecule has 0 aliphatic rings. The molecule has 1 atom stereocenters. The number of nitrogens with zero attached hydrogens (tertiary/aromatic N) is 2. The summed E-state index contributed by atoms with van der Waals surface area (Å²) in [7, 11) is 0. The molecule has 18 heavy (non-hydrogen) atoms. The Bertz CT molecular complexity index is 389. The number of hydrogen-bond acceptors (Lipinski definition) is 3. The molecule has 0 aliphatic heterocycles. The van der Waals surface area contributed by atoms with Gasteiger partial charge in [-0.05, 0) is 26.0 Å². The summed E-state index contributed by atoms with van der Waals surface area (Å²) in [5.41, 5.74) is 0.378. The molecule has 1 rings (SSSR count). The van der Waals surface area contributed by atoms with Crippen LogP contribution in [0.4, 0.5) is 0 Å². The molecule has 0 fully saturated rings. The Morgan fingerprint density at radius 2 is 1.94 bits per heavy atom. The number of likely N-dealkylation sites (N-methyl/N-ethyl adjacent to an activating group) is 1. The lowest BCUT2D eigenvalue weighted by Crippen LogP contribution is -2.40. The van der Waals surface area contributed by atoms with Gasteiger partial charge in [0.2, 0.25) is 0 Å². The standard InChI is InChI=1S/C15H22N2O/c1-4-17(12-15(2,3)18)14(10-11-16)13-8-6-5-7-9-13/h5-9,14,18H,4,10,12H2,1-3H3. The maximum atomic E-state index is 9.96. The van der Waals surface area contributed by atoms with E-state index in [-0.39, 0.29) is 6.04 Å². The highest BCUT2D eigenvalue weighted by Gasteiger charge is 2.24. The van der Waals surface area contributed by atoms with Crippen LogP contribution in [-0.2, 0) is 0 Å². The number of rotatable bonds is 6. The lowest BCUT2D eigenvalue weighted by atomic mass is 10.00. The van der Waals surface area contributed by atoms with Gasteiger partial charge in [-0.2, -0.15) is 5.26 Å². The Morgan fingerprint density at radius 1 is 1.33 bits per heavy atom. The average molecular weight is 246 g/mol. The van der Waals surface area contributed by atoms with Gasteiger partial charge in [0.05, 0.1) is 18.1 Å². The van der Waals surface area contributed by atoms with Crippen LogP contribution in [0.2, 0.25) is 0 Å². The fourth-order valence-electron chi connectivity index (χ4n) is 2.16. The van der Waals surface area contributed by atoms with Gasteiger partial charge in [0.25, 0.3) is 0 Å².